The molecule has 0 spiro atoms. The van der Waals surface area contributed by atoms with Gasteiger partial charge in [-0.3, -0.25) is 0 Å². The topological polar surface area (TPSA) is 43.3 Å². The van der Waals surface area contributed by atoms with Crippen LogP contribution in [0.15, 0.2) is 78.9 Å². The number of rotatable bonds is 9. The maximum absolute atomic E-state index is 12.3. The number of nitrogens with one attached hydrogen (secondary N) is 1. The lowest BCUT2D eigenvalue weighted by Gasteiger charge is -2.16. The van der Waals surface area contributed by atoms with Crippen molar-refractivity contribution in [3.63, 3.8) is 0 Å². The molecular weight excluding hydrogens is 420 g/mol. The normalized spacial score (nSPS) is 13.1. The zero-order valence-electron chi connectivity index (χ0n) is 19.6. The van der Waals surface area contributed by atoms with Crippen LogP contribution in [0.2, 0.25) is 0 Å². The summed E-state index contributed by atoms with van der Waals surface area (Å²) in [6.07, 6.45) is 5.90. The number of ether oxygens (including phenoxy) is 1. The summed E-state index contributed by atoms with van der Waals surface area (Å²) in [6, 6.07) is 26.3. The lowest BCUT2D eigenvalue weighted by Crippen LogP contribution is -2.17. The van der Waals surface area contributed by atoms with Crippen LogP contribution in [0.1, 0.15) is 52.0 Å². The summed E-state index contributed by atoms with van der Waals surface area (Å²) < 4.78 is 8.12. The summed E-state index contributed by atoms with van der Waals surface area (Å²) in [5.74, 6) is -0.275. The molecular formula is C30H32N2O2. The van der Waals surface area contributed by atoms with Gasteiger partial charge in [-0.15, -0.1) is 0 Å². The van der Waals surface area contributed by atoms with Gasteiger partial charge in [-0.05, 0) is 79.6 Å². The molecule has 4 nitrogen and oxygen atoms in total. The molecule has 4 heteroatoms. The minimum absolute atomic E-state index is 0.275. The summed E-state index contributed by atoms with van der Waals surface area (Å²) in [7, 11) is 0. The Morgan fingerprint density at radius 2 is 1.65 bits per heavy atom. The van der Waals surface area contributed by atoms with Gasteiger partial charge in [0.05, 0.1) is 5.56 Å². The molecule has 4 aromatic rings. The number of fused-ring (bicyclic) bond motifs is 3. The maximum atomic E-state index is 12.3. The molecule has 0 bridgehead atoms. The lowest BCUT2D eigenvalue weighted by atomic mass is 9.95. The summed E-state index contributed by atoms with van der Waals surface area (Å²) in [4.78, 5) is 12.3. The number of hydrogen-bond donors (Lipinski definition) is 1. The fourth-order valence-electron chi connectivity index (χ4n) is 5.03. The molecule has 0 fully saturated rings. The van der Waals surface area contributed by atoms with Crippen LogP contribution in [0, 0.1) is 0 Å². The number of carbonyl (C=O) groups excluding carboxylic acids is 1. The van der Waals surface area contributed by atoms with Crippen molar-refractivity contribution in [3.8, 4) is 0 Å². The van der Waals surface area contributed by atoms with E-state index in [-0.39, 0.29) is 5.97 Å². The van der Waals surface area contributed by atoms with Crippen LogP contribution < -0.4 is 5.32 Å². The first-order valence-corrected chi connectivity index (χ1v) is 12.4. The van der Waals surface area contributed by atoms with E-state index in [1.165, 1.54) is 40.6 Å². The molecule has 1 aliphatic rings. The summed E-state index contributed by atoms with van der Waals surface area (Å²) in [5, 5.41) is 4.91. The van der Waals surface area contributed by atoms with Crippen molar-refractivity contribution in [3.05, 3.63) is 107 Å². The molecule has 0 atom stereocenters. The van der Waals surface area contributed by atoms with Crippen LogP contribution >= 0.6 is 0 Å². The van der Waals surface area contributed by atoms with Gasteiger partial charge in [-0.1, -0.05) is 54.6 Å². The van der Waals surface area contributed by atoms with E-state index in [0.29, 0.717) is 12.2 Å². The second-order valence-electron chi connectivity index (χ2n) is 9.09. The molecule has 0 radical (unpaired) electrons. The van der Waals surface area contributed by atoms with E-state index in [4.69, 9.17) is 4.74 Å². The molecule has 1 heterocycles. The zero-order chi connectivity index (χ0) is 23.2. The van der Waals surface area contributed by atoms with Gasteiger partial charge in [0.2, 0.25) is 0 Å². The van der Waals surface area contributed by atoms with E-state index >= 15 is 0 Å². The third-order valence-corrected chi connectivity index (χ3v) is 6.73. The molecule has 0 unspecified atom stereocenters. The Bertz CT molecular complexity index is 1250. The van der Waals surface area contributed by atoms with Crippen LogP contribution in [0.25, 0.3) is 10.9 Å². The van der Waals surface area contributed by atoms with Crippen LogP contribution in [0.3, 0.4) is 0 Å². The van der Waals surface area contributed by atoms with Crippen molar-refractivity contribution in [1.82, 2.24) is 9.88 Å². The van der Waals surface area contributed by atoms with E-state index in [9.17, 15) is 4.79 Å². The predicted octanol–water partition coefficient (Wildman–Crippen LogP) is 6.06. The number of nitrogens with zero attached hydrogens (tertiary/aromatic N) is 1. The minimum Gasteiger partial charge on any atom is -0.457 e. The number of carbonyl (C=O) groups is 1. The van der Waals surface area contributed by atoms with Crippen molar-refractivity contribution in [2.24, 2.45) is 0 Å². The van der Waals surface area contributed by atoms with Crippen molar-refractivity contribution >= 4 is 16.9 Å². The predicted molar refractivity (Wildman–Crippen MR) is 137 cm³/mol. The van der Waals surface area contributed by atoms with E-state index in [1.54, 1.807) is 12.1 Å². The number of hydrogen-bond acceptors (Lipinski definition) is 3. The van der Waals surface area contributed by atoms with Crippen LogP contribution in [-0.2, 0) is 37.3 Å². The minimum atomic E-state index is -0.275. The van der Waals surface area contributed by atoms with Gasteiger partial charge in [0.1, 0.15) is 6.61 Å². The highest BCUT2D eigenvalue weighted by Crippen LogP contribution is 2.33. The maximum Gasteiger partial charge on any atom is 0.338 e. The van der Waals surface area contributed by atoms with Gasteiger partial charge in [0, 0.05) is 29.7 Å². The molecule has 0 amide bonds. The molecule has 1 N–H and O–H groups in total. The Labute approximate surface area is 201 Å². The van der Waals surface area contributed by atoms with Crippen LogP contribution in [0.4, 0.5) is 0 Å². The highest BCUT2D eigenvalue weighted by atomic mass is 16.5. The first-order chi connectivity index (χ1) is 16.8. The Morgan fingerprint density at radius 1 is 0.882 bits per heavy atom. The number of aryl methyl sites for hydroxylation is 2. The third kappa shape index (κ3) is 5.07. The summed E-state index contributed by atoms with van der Waals surface area (Å²) in [6.45, 7) is 3.23. The van der Waals surface area contributed by atoms with Gasteiger partial charge in [-0.25, -0.2) is 4.79 Å². The zero-order valence-corrected chi connectivity index (χ0v) is 19.6. The summed E-state index contributed by atoms with van der Waals surface area (Å²) in [5.41, 5.74) is 7.28. The van der Waals surface area contributed by atoms with Gasteiger partial charge in [0.25, 0.3) is 0 Å². The van der Waals surface area contributed by atoms with Crippen molar-refractivity contribution < 1.29 is 9.53 Å². The van der Waals surface area contributed by atoms with Gasteiger partial charge >= 0.3 is 5.97 Å². The quantitative estimate of drug-likeness (QED) is 0.248. The third-order valence-electron chi connectivity index (χ3n) is 6.73. The standard InChI is InChI=1S/C30H32N2O2/c33-30(25-12-5-2-6-13-25)34-22-24-16-17-29-27(20-24)26-14-7-8-15-28(26)32(29)19-9-18-31-21-23-10-3-1-4-11-23/h1-6,10-13,16-17,20,31H,7-9,14-15,18-19,21-22H2. The Hall–Kier alpha value is -3.37. The van der Waals surface area contributed by atoms with E-state index in [2.05, 4.69) is 58.4 Å². The van der Waals surface area contributed by atoms with E-state index in [1.807, 2.05) is 18.2 Å². The first kappa shape index (κ1) is 22.4. The molecule has 34 heavy (non-hydrogen) atoms. The largest absolute Gasteiger partial charge is 0.457 e. The molecule has 174 valence electrons. The molecule has 5 rings (SSSR count). The first-order valence-electron chi connectivity index (χ1n) is 12.4. The van der Waals surface area contributed by atoms with E-state index in [0.717, 1.165) is 44.5 Å². The molecule has 0 aliphatic heterocycles. The average molecular weight is 453 g/mol. The lowest BCUT2D eigenvalue weighted by molar-refractivity contribution is 0.0473. The summed E-state index contributed by atoms with van der Waals surface area (Å²) >= 11 is 0. The Morgan fingerprint density at radius 3 is 2.47 bits per heavy atom. The Balaban J connectivity index is 1.26. The smallest absolute Gasteiger partial charge is 0.338 e. The van der Waals surface area contributed by atoms with Crippen LogP contribution in [0.5, 0.6) is 0 Å². The van der Waals surface area contributed by atoms with Crippen molar-refractivity contribution in [2.75, 3.05) is 6.54 Å². The molecule has 0 saturated heterocycles. The number of aromatic nitrogens is 1. The molecule has 0 saturated carbocycles. The highest BCUT2D eigenvalue weighted by molar-refractivity contribution is 5.89. The van der Waals surface area contributed by atoms with Crippen molar-refractivity contribution in [2.45, 2.75) is 51.8 Å². The van der Waals surface area contributed by atoms with E-state index < -0.39 is 0 Å². The molecule has 3 aromatic carbocycles. The SMILES string of the molecule is O=C(OCc1ccc2c(c1)c1c(n2CCCNCc2ccccc2)CCCC1)c1ccccc1. The highest BCUT2D eigenvalue weighted by Gasteiger charge is 2.20. The number of esters is 1. The Kier molecular flexibility index (Phi) is 7.06. The van der Waals surface area contributed by atoms with Crippen molar-refractivity contribution in [1.29, 1.82) is 0 Å². The van der Waals surface area contributed by atoms with Crippen LogP contribution in [-0.4, -0.2) is 17.1 Å². The molecule has 1 aromatic heterocycles. The fraction of sp³-hybridized carbons (Fsp3) is 0.300. The van der Waals surface area contributed by atoms with Gasteiger partial charge in [-0.2, -0.15) is 0 Å². The van der Waals surface area contributed by atoms with Gasteiger partial charge < -0.3 is 14.6 Å². The second-order valence-corrected chi connectivity index (χ2v) is 9.09. The number of benzene rings is 3. The monoisotopic (exact) mass is 452 g/mol. The van der Waals surface area contributed by atoms with Gasteiger partial charge in [0.15, 0.2) is 0 Å². The average Bonchev–Trinajstić information content (AvgIpc) is 3.21. The fourth-order valence-corrected chi connectivity index (χ4v) is 5.03. The second kappa shape index (κ2) is 10.7. The molecule has 1 aliphatic carbocycles.